The molecule has 0 spiro atoms. The quantitative estimate of drug-likeness (QED) is 0.319. The summed E-state index contributed by atoms with van der Waals surface area (Å²) in [6.45, 7) is 2.14. The van der Waals surface area contributed by atoms with E-state index in [9.17, 15) is 19.3 Å². The van der Waals surface area contributed by atoms with Crippen LogP contribution in [0, 0.1) is 22.9 Å². The van der Waals surface area contributed by atoms with Crippen LogP contribution in [0.1, 0.15) is 11.4 Å². The first-order valence-electron chi connectivity index (χ1n) is 8.89. The SMILES string of the molecule is Cc1ccc([N+](=O)[O-])cc1NC(=O)CSc1nnc(CNc2ccc(F)cc2)n1C. The zero-order chi connectivity index (χ0) is 21.7. The van der Waals surface area contributed by atoms with Crippen molar-refractivity contribution in [2.75, 3.05) is 16.4 Å². The van der Waals surface area contributed by atoms with Crippen LogP contribution in [0.2, 0.25) is 0 Å². The molecule has 0 fully saturated rings. The maximum absolute atomic E-state index is 13.0. The average molecular weight is 430 g/mol. The van der Waals surface area contributed by atoms with Crippen LogP contribution in [0.3, 0.4) is 0 Å². The molecule has 0 atom stereocenters. The van der Waals surface area contributed by atoms with Crippen LogP contribution < -0.4 is 10.6 Å². The summed E-state index contributed by atoms with van der Waals surface area (Å²) >= 11 is 1.20. The molecule has 1 heterocycles. The van der Waals surface area contributed by atoms with E-state index in [1.165, 1.54) is 36.0 Å². The predicted molar refractivity (Wildman–Crippen MR) is 112 cm³/mol. The van der Waals surface area contributed by atoms with Crippen molar-refractivity contribution in [3.8, 4) is 0 Å². The fourth-order valence-corrected chi connectivity index (χ4v) is 3.28. The lowest BCUT2D eigenvalue weighted by Gasteiger charge is -2.08. The van der Waals surface area contributed by atoms with Crippen LogP contribution in [-0.2, 0) is 18.4 Å². The number of hydrogen-bond acceptors (Lipinski definition) is 7. The van der Waals surface area contributed by atoms with Gasteiger partial charge in [-0.2, -0.15) is 0 Å². The zero-order valence-electron chi connectivity index (χ0n) is 16.3. The summed E-state index contributed by atoms with van der Waals surface area (Å²) in [4.78, 5) is 22.7. The normalized spacial score (nSPS) is 10.6. The van der Waals surface area contributed by atoms with Crippen molar-refractivity contribution in [2.24, 2.45) is 7.05 Å². The molecule has 2 aromatic carbocycles. The number of hydrogen-bond donors (Lipinski definition) is 2. The molecule has 0 aliphatic carbocycles. The Hall–Kier alpha value is -3.47. The van der Waals surface area contributed by atoms with Crippen LogP contribution in [0.5, 0.6) is 0 Å². The van der Waals surface area contributed by atoms with Gasteiger partial charge >= 0.3 is 0 Å². The second-order valence-electron chi connectivity index (χ2n) is 6.41. The maximum Gasteiger partial charge on any atom is 0.271 e. The lowest BCUT2D eigenvalue weighted by Crippen LogP contribution is -2.15. The molecule has 1 amide bonds. The third-order valence-corrected chi connectivity index (χ3v) is 5.28. The van der Waals surface area contributed by atoms with Gasteiger partial charge < -0.3 is 15.2 Å². The van der Waals surface area contributed by atoms with Crippen molar-refractivity contribution in [1.29, 1.82) is 0 Å². The van der Waals surface area contributed by atoms with E-state index in [0.717, 1.165) is 11.3 Å². The molecule has 9 nitrogen and oxygen atoms in total. The van der Waals surface area contributed by atoms with Gasteiger partial charge in [-0.25, -0.2) is 4.39 Å². The molecular weight excluding hydrogens is 411 g/mol. The smallest absolute Gasteiger partial charge is 0.271 e. The highest BCUT2D eigenvalue weighted by molar-refractivity contribution is 7.99. The fraction of sp³-hybridized carbons (Fsp3) is 0.211. The molecule has 30 heavy (non-hydrogen) atoms. The van der Waals surface area contributed by atoms with Crippen LogP contribution in [0.15, 0.2) is 47.6 Å². The molecule has 3 rings (SSSR count). The van der Waals surface area contributed by atoms with E-state index in [4.69, 9.17) is 0 Å². The van der Waals surface area contributed by atoms with Crippen molar-refractivity contribution >= 4 is 34.7 Å². The number of benzene rings is 2. The predicted octanol–water partition coefficient (Wildman–Crippen LogP) is 3.51. The summed E-state index contributed by atoms with van der Waals surface area (Å²) in [6.07, 6.45) is 0. The molecule has 0 bridgehead atoms. The minimum absolute atomic E-state index is 0.0689. The van der Waals surface area contributed by atoms with Crippen LogP contribution in [-0.4, -0.2) is 31.3 Å². The number of carbonyl (C=O) groups excluding carboxylic acids is 1. The Morgan fingerprint density at radius 2 is 1.97 bits per heavy atom. The minimum Gasteiger partial charge on any atom is -0.378 e. The topological polar surface area (TPSA) is 115 Å². The molecule has 3 aromatic rings. The van der Waals surface area contributed by atoms with Gasteiger partial charge in [-0.1, -0.05) is 17.8 Å². The number of non-ortho nitro benzene ring substituents is 1. The molecule has 2 N–H and O–H groups in total. The average Bonchev–Trinajstić information content (AvgIpc) is 3.07. The van der Waals surface area contributed by atoms with E-state index in [1.807, 2.05) is 0 Å². The number of rotatable bonds is 8. The number of aromatic nitrogens is 3. The van der Waals surface area contributed by atoms with E-state index in [2.05, 4.69) is 20.8 Å². The monoisotopic (exact) mass is 430 g/mol. The number of carbonyl (C=O) groups is 1. The van der Waals surface area contributed by atoms with Gasteiger partial charge in [0.2, 0.25) is 5.91 Å². The van der Waals surface area contributed by atoms with E-state index in [0.29, 0.717) is 23.2 Å². The van der Waals surface area contributed by atoms with Crippen molar-refractivity contribution < 1.29 is 14.1 Å². The molecule has 1 aromatic heterocycles. The number of nitrogens with one attached hydrogen (secondary N) is 2. The zero-order valence-corrected chi connectivity index (χ0v) is 17.1. The largest absolute Gasteiger partial charge is 0.378 e. The van der Waals surface area contributed by atoms with Gasteiger partial charge in [-0.05, 0) is 36.8 Å². The number of nitro groups is 1. The Bertz CT molecular complexity index is 1070. The highest BCUT2D eigenvalue weighted by atomic mass is 32.2. The summed E-state index contributed by atoms with van der Waals surface area (Å²) in [5.74, 6) is 0.102. The Morgan fingerprint density at radius 3 is 2.67 bits per heavy atom. The van der Waals surface area contributed by atoms with Gasteiger partial charge in [0.1, 0.15) is 5.82 Å². The van der Waals surface area contributed by atoms with Crippen molar-refractivity contribution in [1.82, 2.24) is 14.8 Å². The molecule has 0 saturated heterocycles. The molecule has 11 heteroatoms. The van der Waals surface area contributed by atoms with Gasteiger partial charge in [0, 0.05) is 24.9 Å². The second-order valence-corrected chi connectivity index (χ2v) is 7.35. The maximum atomic E-state index is 13.0. The standard InChI is InChI=1S/C19H19FN6O3S/c1-12-3-8-15(26(28)29)9-16(12)22-18(27)11-30-19-24-23-17(25(19)2)10-21-14-6-4-13(20)5-7-14/h3-9,21H,10-11H2,1-2H3,(H,22,27). The molecule has 0 radical (unpaired) electrons. The molecule has 156 valence electrons. The van der Waals surface area contributed by atoms with Gasteiger partial charge in [0.15, 0.2) is 11.0 Å². The highest BCUT2D eigenvalue weighted by Crippen LogP contribution is 2.23. The highest BCUT2D eigenvalue weighted by Gasteiger charge is 2.14. The summed E-state index contributed by atoms with van der Waals surface area (Å²) in [5.41, 5.74) is 1.79. The Kier molecular flexibility index (Phi) is 6.62. The first-order chi connectivity index (χ1) is 14.3. The fourth-order valence-electron chi connectivity index (χ4n) is 2.55. The Morgan fingerprint density at radius 1 is 1.23 bits per heavy atom. The third kappa shape index (κ3) is 5.32. The summed E-state index contributed by atoms with van der Waals surface area (Å²) in [7, 11) is 1.78. The third-order valence-electron chi connectivity index (χ3n) is 4.26. The van der Waals surface area contributed by atoms with E-state index in [-0.39, 0.29) is 23.2 Å². The first-order valence-corrected chi connectivity index (χ1v) is 9.87. The van der Waals surface area contributed by atoms with Crippen molar-refractivity contribution in [2.45, 2.75) is 18.6 Å². The van der Waals surface area contributed by atoms with Gasteiger partial charge in [-0.15, -0.1) is 10.2 Å². The van der Waals surface area contributed by atoms with Crippen LogP contribution in [0.25, 0.3) is 0 Å². The number of anilines is 2. The Balaban J connectivity index is 1.56. The summed E-state index contributed by atoms with van der Waals surface area (Å²) in [6, 6.07) is 10.3. The summed E-state index contributed by atoms with van der Waals surface area (Å²) < 4.78 is 14.7. The second kappa shape index (κ2) is 9.35. The molecule has 0 aliphatic heterocycles. The molecule has 0 saturated carbocycles. The van der Waals surface area contributed by atoms with Crippen LogP contribution >= 0.6 is 11.8 Å². The number of halogens is 1. The van der Waals surface area contributed by atoms with E-state index < -0.39 is 4.92 Å². The van der Waals surface area contributed by atoms with E-state index >= 15 is 0 Å². The number of nitro benzene ring substituents is 1. The van der Waals surface area contributed by atoms with Gasteiger partial charge in [0.25, 0.3) is 5.69 Å². The number of aryl methyl sites for hydroxylation is 1. The van der Waals surface area contributed by atoms with Crippen molar-refractivity contribution in [3.63, 3.8) is 0 Å². The molecular formula is C19H19FN6O3S. The lowest BCUT2D eigenvalue weighted by atomic mass is 10.2. The van der Waals surface area contributed by atoms with Crippen molar-refractivity contribution in [3.05, 3.63) is 69.8 Å². The minimum atomic E-state index is -0.509. The first kappa shape index (κ1) is 21.2. The van der Waals surface area contributed by atoms with Gasteiger partial charge in [-0.3, -0.25) is 14.9 Å². The van der Waals surface area contributed by atoms with E-state index in [1.54, 1.807) is 36.7 Å². The van der Waals surface area contributed by atoms with Gasteiger partial charge in [0.05, 0.1) is 22.9 Å². The van der Waals surface area contributed by atoms with Crippen LogP contribution in [0.4, 0.5) is 21.5 Å². The molecule has 0 aliphatic rings. The number of amides is 1. The summed E-state index contributed by atoms with van der Waals surface area (Å²) in [5, 5.41) is 25.5. The Labute approximate surface area is 175 Å². The molecule has 0 unspecified atom stereocenters. The number of nitrogens with zero attached hydrogens (tertiary/aromatic N) is 4. The lowest BCUT2D eigenvalue weighted by molar-refractivity contribution is -0.384. The number of thioether (sulfide) groups is 1.